The number of quaternary nitrogens is 1. The molecule has 1 aliphatic heterocycles. The number of nitrogens with zero attached hydrogens (tertiary/aromatic N) is 1. The first kappa shape index (κ1) is 17.9. The lowest BCUT2D eigenvalue weighted by Gasteiger charge is -2.30. The van der Waals surface area contributed by atoms with Crippen molar-refractivity contribution in [3.8, 4) is 0 Å². The van der Waals surface area contributed by atoms with Crippen LogP contribution in [0.4, 0.5) is 11.4 Å². The minimum Gasteiger partial charge on any atom is -0.469 e. The van der Waals surface area contributed by atoms with Gasteiger partial charge in [-0.3, -0.25) is 19.7 Å². The standard InChI is InChI=1S/C16H21N3O5/c1-24-15(20)11-14(18-9-5-2-6-10-18)16(21)17-12-7-3-4-8-13(12)19(22)23/h3-4,7-8,14H,2,5-6,9-11H2,1H3,(H,17,21)/p+1/t14-/m1/s1. The van der Waals surface area contributed by atoms with E-state index < -0.39 is 22.8 Å². The SMILES string of the molecule is COC(=O)C[C@H](C(=O)Nc1ccccc1[N+](=O)[O-])[NH+]1CCCCC1. The van der Waals surface area contributed by atoms with Gasteiger partial charge in [0.05, 0.1) is 25.1 Å². The molecule has 1 aliphatic rings. The van der Waals surface area contributed by atoms with Crippen molar-refractivity contribution >= 4 is 23.3 Å². The minimum atomic E-state index is -0.613. The van der Waals surface area contributed by atoms with E-state index in [9.17, 15) is 19.7 Å². The molecule has 1 heterocycles. The van der Waals surface area contributed by atoms with Crippen LogP contribution in [0, 0.1) is 10.1 Å². The van der Waals surface area contributed by atoms with Crippen molar-refractivity contribution in [2.24, 2.45) is 0 Å². The van der Waals surface area contributed by atoms with E-state index in [2.05, 4.69) is 5.32 Å². The summed E-state index contributed by atoms with van der Waals surface area (Å²) < 4.78 is 4.69. The zero-order valence-corrected chi connectivity index (χ0v) is 13.6. The summed E-state index contributed by atoms with van der Waals surface area (Å²) in [4.78, 5) is 35.9. The van der Waals surface area contributed by atoms with E-state index in [0.29, 0.717) is 0 Å². The second-order valence-electron chi connectivity index (χ2n) is 5.82. The van der Waals surface area contributed by atoms with Gasteiger partial charge in [0.25, 0.3) is 11.6 Å². The van der Waals surface area contributed by atoms with E-state index in [1.54, 1.807) is 6.07 Å². The normalized spacial score (nSPS) is 16.2. The first-order valence-corrected chi connectivity index (χ1v) is 7.98. The molecule has 1 aromatic rings. The number of anilines is 1. The van der Waals surface area contributed by atoms with Crippen LogP contribution in [-0.4, -0.2) is 43.0 Å². The van der Waals surface area contributed by atoms with Gasteiger partial charge in [0.15, 0.2) is 6.04 Å². The molecule has 0 bridgehead atoms. The number of para-hydroxylation sites is 2. The largest absolute Gasteiger partial charge is 0.469 e. The highest BCUT2D eigenvalue weighted by molar-refractivity contribution is 5.97. The van der Waals surface area contributed by atoms with Gasteiger partial charge in [-0.1, -0.05) is 12.1 Å². The Morgan fingerprint density at radius 3 is 2.58 bits per heavy atom. The molecular formula is C16H22N3O5+. The third-order valence-electron chi connectivity index (χ3n) is 4.26. The van der Waals surface area contributed by atoms with Crippen LogP contribution in [-0.2, 0) is 14.3 Å². The third-order valence-corrected chi connectivity index (χ3v) is 4.26. The zero-order chi connectivity index (χ0) is 17.5. The lowest BCUT2D eigenvalue weighted by molar-refractivity contribution is -0.920. The lowest BCUT2D eigenvalue weighted by atomic mass is 10.1. The number of amides is 1. The zero-order valence-electron chi connectivity index (χ0n) is 13.6. The highest BCUT2D eigenvalue weighted by Gasteiger charge is 2.34. The first-order valence-electron chi connectivity index (χ1n) is 7.98. The molecule has 0 aromatic heterocycles. The van der Waals surface area contributed by atoms with Gasteiger partial charge in [-0.2, -0.15) is 0 Å². The number of hydrogen-bond acceptors (Lipinski definition) is 5. The van der Waals surface area contributed by atoms with Gasteiger partial charge in [-0.05, 0) is 25.3 Å². The summed E-state index contributed by atoms with van der Waals surface area (Å²) in [5.74, 6) is -0.859. The maximum atomic E-state index is 12.7. The van der Waals surface area contributed by atoms with Crippen LogP contribution in [0.3, 0.4) is 0 Å². The van der Waals surface area contributed by atoms with Crippen LogP contribution < -0.4 is 10.2 Å². The second kappa shape index (κ2) is 8.39. The number of carbonyl (C=O) groups is 2. The van der Waals surface area contributed by atoms with E-state index in [4.69, 9.17) is 4.74 Å². The number of hydrogen-bond donors (Lipinski definition) is 2. The number of nitro benzene ring substituents is 1. The topological polar surface area (TPSA) is 103 Å². The molecule has 8 nitrogen and oxygen atoms in total. The van der Waals surface area contributed by atoms with Gasteiger partial charge in [0.2, 0.25) is 0 Å². The summed E-state index contributed by atoms with van der Waals surface area (Å²) >= 11 is 0. The Morgan fingerprint density at radius 1 is 1.29 bits per heavy atom. The molecule has 1 amide bonds. The van der Waals surface area contributed by atoms with E-state index in [1.807, 2.05) is 0 Å². The molecule has 1 atom stereocenters. The van der Waals surface area contributed by atoms with Crippen LogP contribution in [0.5, 0.6) is 0 Å². The van der Waals surface area contributed by atoms with Crippen molar-refractivity contribution in [1.82, 2.24) is 0 Å². The van der Waals surface area contributed by atoms with Crippen LogP contribution >= 0.6 is 0 Å². The smallest absolute Gasteiger partial charge is 0.312 e. The molecular weight excluding hydrogens is 314 g/mol. The Kier molecular flexibility index (Phi) is 6.25. The number of esters is 1. The summed E-state index contributed by atoms with van der Waals surface area (Å²) in [7, 11) is 1.28. The predicted octanol–water partition coefficient (Wildman–Crippen LogP) is 0.534. The molecule has 0 saturated carbocycles. The molecule has 0 unspecified atom stereocenters. The molecule has 2 rings (SSSR count). The highest BCUT2D eigenvalue weighted by Crippen LogP contribution is 2.23. The molecule has 130 valence electrons. The summed E-state index contributed by atoms with van der Waals surface area (Å²) in [6.45, 7) is 1.60. The quantitative estimate of drug-likeness (QED) is 0.448. The minimum absolute atomic E-state index is 0.0434. The van der Waals surface area contributed by atoms with Crippen LogP contribution in [0.2, 0.25) is 0 Å². The fourth-order valence-electron chi connectivity index (χ4n) is 2.99. The number of likely N-dealkylation sites (tertiary alicyclic amines) is 1. The van der Waals surface area contributed by atoms with Crippen LogP contribution in [0.25, 0.3) is 0 Å². The fraction of sp³-hybridized carbons (Fsp3) is 0.500. The predicted molar refractivity (Wildman–Crippen MR) is 86.7 cm³/mol. The number of rotatable bonds is 6. The van der Waals surface area contributed by atoms with Gasteiger partial charge < -0.3 is 15.0 Å². The van der Waals surface area contributed by atoms with Gasteiger partial charge in [-0.25, -0.2) is 0 Å². The molecule has 24 heavy (non-hydrogen) atoms. The number of piperidine rings is 1. The Morgan fingerprint density at radius 2 is 1.96 bits per heavy atom. The van der Waals surface area contributed by atoms with E-state index >= 15 is 0 Å². The Bertz CT molecular complexity index is 613. The van der Waals surface area contributed by atoms with E-state index in [1.165, 1.54) is 25.3 Å². The molecule has 0 aliphatic carbocycles. The average Bonchev–Trinajstić information content (AvgIpc) is 2.60. The van der Waals surface area contributed by atoms with Gasteiger partial charge in [-0.15, -0.1) is 0 Å². The number of carbonyl (C=O) groups excluding carboxylic acids is 2. The fourth-order valence-corrected chi connectivity index (χ4v) is 2.99. The number of nitrogens with one attached hydrogen (secondary N) is 2. The molecule has 0 radical (unpaired) electrons. The van der Waals surface area contributed by atoms with E-state index in [-0.39, 0.29) is 17.8 Å². The third kappa shape index (κ3) is 4.51. The molecule has 8 heteroatoms. The van der Waals surface area contributed by atoms with Crippen molar-refractivity contribution in [2.45, 2.75) is 31.7 Å². The average molecular weight is 336 g/mol. The number of methoxy groups -OCH3 is 1. The van der Waals surface area contributed by atoms with Gasteiger partial charge in [0, 0.05) is 6.07 Å². The Labute approximate surface area is 139 Å². The first-order chi connectivity index (χ1) is 11.5. The summed E-state index contributed by atoms with van der Waals surface area (Å²) in [6, 6.07) is 5.36. The number of ether oxygens (including phenoxy) is 1. The molecule has 1 fully saturated rings. The maximum Gasteiger partial charge on any atom is 0.312 e. The number of nitro groups is 1. The lowest BCUT2D eigenvalue weighted by Crippen LogP contribution is -3.17. The summed E-state index contributed by atoms with van der Waals surface area (Å²) in [6.07, 6.45) is 3.05. The molecule has 1 aromatic carbocycles. The Hall–Kier alpha value is -2.48. The summed E-state index contributed by atoms with van der Waals surface area (Å²) in [5.41, 5.74) is -0.0323. The molecule has 1 saturated heterocycles. The van der Waals surface area contributed by atoms with Crippen LogP contribution in [0.15, 0.2) is 24.3 Å². The van der Waals surface area contributed by atoms with Crippen molar-refractivity contribution in [3.63, 3.8) is 0 Å². The van der Waals surface area contributed by atoms with Gasteiger partial charge >= 0.3 is 5.97 Å². The monoisotopic (exact) mass is 336 g/mol. The van der Waals surface area contributed by atoms with Crippen molar-refractivity contribution < 1.29 is 24.1 Å². The van der Waals surface area contributed by atoms with E-state index in [0.717, 1.165) is 37.3 Å². The van der Waals surface area contributed by atoms with Crippen LogP contribution in [0.1, 0.15) is 25.7 Å². The second-order valence-corrected chi connectivity index (χ2v) is 5.82. The molecule has 2 N–H and O–H groups in total. The Balaban J connectivity index is 2.17. The maximum absolute atomic E-state index is 12.7. The van der Waals surface area contributed by atoms with Crippen molar-refractivity contribution in [2.75, 3.05) is 25.5 Å². The highest BCUT2D eigenvalue weighted by atomic mass is 16.6. The van der Waals surface area contributed by atoms with Crippen molar-refractivity contribution in [3.05, 3.63) is 34.4 Å². The van der Waals surface area contributed by atoms with Gasteiger partial charge in [0.1, 0.15) is 12.1 Å². The summed E-state index contributed by atoms with van der Waals surface area (Å²) in [5, 5.41) is 13.7. The van der Waals surface area contributed by atoms with Crippen molar-refractivity contribution in [1.29, 1.82) is 0 Å². The number of benzene rings is 1. The molecule has 0 spiro atoms.